The molecule has 17 heavy (non-hydrogen) atoms. The average Bonchev–Trinajstić information content (AvgIpc) is 2.26. The van der Waals surface area contributed by atoms with E-state index in [2.05, 4.69) is 18.3 Å². The van der Waals surface area contributed by atoms with Gasteiger partial charge in [0, 0.05) is 23.4 Å². The molecule has 0 aliphatic rings. The molecule has 3 nitrogen and oxygen atoms in total. The summed E-state index contributed by atoms with van der Waals surface area (Å²) >= 11 is 1.61. The van der Waals surface area contributed by atoms with Crippen LogP contribution in [-0.4, -0.2) is 32.7 Å². The zero-order chi connectivity index (χ0) is 12.7. The maximum Gasteiger partial charge on any atom is 0.148 e. The van der Waals surface area contributed by atoms with Gasteiger partial charge in [0.1, 0.15) is 9.84 Å². The van der Waals surface area contributed by atoms with Gasteiger partial charge in [0.2, 0.25) is 0 Å². The van der Waals surface area contributed by atoms with Crippen molar-refractivity contribution in [1.29, 1.82) is 0 Å². The zero-order valence-corrected chi connectivity index (χ0v) is 11.9. The average molecular weight is 273 g/mol. The molecule has 0 fully saturated rings. The Labute approximate surface area is 108 Å². The molecule has 0 aliphatic heterocycles. The highest BCUT2D eigenvalue weighted by atomic mass is 32.2. The number of hydrogen-bond donors (Lipinski definition) is 1. The molecule has 0 radical (unpaired) electrons. The van der Waals surface area contributed by atoms with Crippen LogP contribution in [0.4, 0.5) is 0 Å². The molecule has 96 valence electrons. The van der Waals surface area contributed by atoms with Gasteiger partial charge in [-0.05, 0) is 18.2 Å². The highest BCUT2D eigenvalue weighted by molar-refractivity contribution is 8.00. The maximum atomic E-state index is 11.1. The second kappa shape index (κ2) is 7.03. The van der Waals surface area contributed by atoms with Gasteiger partial charge in [-0.1, -0.05) is 25.1 Å². The van der Waals surface area contributed by atoms with Gasteiger partial charge >= 0.3 is 0 Å². The van der Waals surface area contributed by atoms with Gasteiger partial charge in [-0.2, -0.15) is 0 Å². The first kappa shape index (κ1) is 14.5. The van der Waals surface area contributed by atoms with Crippen molar-refractivity contribution in [3.05, 3.63) is 29.8 Å². The van der Waals surface area contributed by atoms with E-state index in [1.54, 1.807) is 11.8 Å². The van der Waals surface area contributed by atoms with Crippen LogP contribution in [-0.2, 0) is 16.4 Å². The maximum absolute atomic E-state index is 11.1. The van der Waals surface area contributed by atoms with Crippen LogP contribution in [0.1, 0.15) is 12.5 Å². The fourth-order valence-electron chi connectivity index (χ4n) is 1.35. The lowest BCUT2D eigenvalue weighted by molar-refractivity contribution is 0.603. The van der Waals surface area contributed by atoms with E-state index in [4.69, 9.17) is 0 Å². The molecular formula is C12H19NO2S2. The van der Waals surface area contributed by atoms with E-state index in [1.807, 2.05) is 18.2 Å². The third-order valence-electron chi connectivity index (χ3n) is 2.25. The van der Waals surface area contributed by atoms with Crippen molar-refractivity contribution in [3.8, 4) is 0 Å². The van der Waals surface area contributed by atoms with Crippen LogP contribution in [0.5, 0.6) is 0 Å². The van der Waals surface area contributed by atoms with E-state index >= 15 is 0 Å². The molecule has 0 aromatic heterocycles. The first-order chi connectivity index (χ1) is 8.03. The molecule has 5 heteroatoms. The number of nitrogens with one attached hydrogen (secondary N) is 1. The molecule has 1 aromatic carbocycles. The summed E-state index contributed by atoms with van der Waals surface area (Å²) in [4.78, 5) is 1.16. The van der Waals surface area contributed by atoms with Crippen molar-refractivity contribution in [2.75, 3.05) is 24.3 Å². The summed E-state index contributed by atoms with van der Waals surface area (Å²) in [5.74, 6) is 0.842. The predicted octanol–water partition coefficient (Wildman–Crippen LogP) is 1.93. The minimum atomic E-state index is -2.86. The van der Waals surface area contributed by atoms with Gasteiger partial charge in [-0.15, -0.1) is 11.8 Å². The number of rotatable bonds is 7. The summed E-state index contributed by atoms with van der Waals surface area (Å²) in [6, 6.07) is 8.11. The van der Waals surface area contributed by atoms with Crippen molar-refractivity contribution in [2.45, 2.75) is 18.4 Å². The summed E-state index contributed by atoms with van der Waals surface area (Å²) in [5.41, 5.74) is 1.23. The van der Waals surface area contributed by atoms with Crippen LogP contribution in [0, 0.1) is 0 Å². The van der Waals surface area contributed by atoms with Crippen LogP contribution in [0.3, 0.4) is 0 Å². The van der Waals surface area contributed by atoms with Crippen LogP contribution >= 0.6 is 11.8 Å². The molecule has 0 atom stereocenters. The van der Waals surface area contributed by atoms with E-state index < -0.39 is 9.84 Å². The summed E-state index contributed by atoms with van der Waals surface area (Å²) < 4.78 is 22.1. The first-order valence-electron chi connectivity index (χ1n) is 5.62. The Morgan fingerprint density at radius 2 is 2.00 bits per heavy atom. The van der Waals surface area contributed by atoms with Crippen LogP contribution in [0.2, 0.25) is 0 Å². The lowest BCUT2D eigenvalue weighted by Gasteiger charge is -2.09. The Bertz CT molecular complexity index is 444. The summed E-state index contributed by atoms with van der Waals surface area (Å²) in [5, 5.41) is 3.28. The van der Waals surface area contributed by atoms with Gasteiger partial charge in [0.25, 0.3) is 0 Å². The smallest absolute Gasteiger partial charge is 0.148 e. The number of benzene rings is 1. The SMILES string of the molecule is CCNCc1ccccc1SCCS(C)(=O)=O. The number of sulfone groups is 1. The fraction of sp³-hybridized carbons (Fsp3) is 0.500. The fourth-order valence-corrected chi connectivity index (χ4v) is 3.62. The molecule has 0 saturated carbocycles. The molecule has 0 saturated heterocycles. The topological polar surface area (TPSA) is 46.2 Å². The molecule has 1 rings (SSSR count). The van der Waals surface area contributed by atoms with Crippen LogP contribution < -0.4 is 5.32 Å². The Morgan fingerprint density at radius 3 is 2.65 bits per heavy atom. The first-order valence-corrected chi connectivity index (χ1v) is 8.66. The molecule has 0 spiro atoms. The van der Waals surface area contributed by atoms with Gasteiger partial charge in [-0.3, -0.25) is 0 Å². The molecule has 0 heterocycles. The third-order valence-corrected chi connectivity index (χ3v) is 4.57. The lowest BCUT2D eigenvalue weighted by atomic mass is 10.2. The molecule has 1 N–H and O–H groups in total. The summed E-state index contributed by atoms with van der Waals surface area (Å²) in [6.07, 6.45) is 1.28. The second-order valence-corrected chi connectivity index (χ2v) is 7.26. The molecule has 0 unspecified atom stereocenters. The van der Waals surface area contributed by atoms with Crippen molar-refractivity contribution in [2.24, 2.45) is 0 Å². The highest BCUT2D eigenvalue weighted by Gasteiger charge is 2.05. The Balaban J connectivity index is 2.57. The molecule has 0 bridgehead atoms. The highest BCUT2D eigenvalue weighted by Crippen LogP contribution is 2.22. The zero-order valence-electron chi connectivity index (χ0n) is 10.3. The normalized spacial score (nSPS) is 11.6. The van der Waals surface area contributed by atoms with Crippen LogP contribution in [0.15, 0.2) is 29.2 Å². The monoisotopic (exact) mass is 273 g/mol. The quantitative estimate of drug-likeness (QED) is 0.771. The van der Waals surface area contributed by atoms with E-state index in [9.17, 15) is 8.42 Å². The molecule has 0 aliphatic carbocycles. The number of hydrogen-bond acceptors (Lipinski definition) is 4. The predicted molar refractivity (Wildman–Crippen MR) is 74.3 cm³/mol. The van der Waals surface area contributed by atoms with Gasteiger partial charge in [0.05, 0.1) is 5.75 Å². The van der Waals surface area contributed by atoms with E-state index in [0.29, 0.717) is 5.75 Å². The van der Waals surface area contributed by atoms with Crippen LogP contribution in [0.25, 0.3) is 0 Å². The molecular weight excluding hydrogens is 254 g/mol. The largest absolute Gasteiger partial charge is 0.313 e. The van der Waals surface area contributed by atoms with Crippen molar-refractivity contribution < 1.29 is 8.42 Å². The minimum absolute atomic E-state index is 0.229. The van der Waals surface area contributed by atoms with E-state index in [0.717, 1.165) is 18.0 Å². The Kier molecular flexibility index (Phi) is 6.02. The van der Waals surface area contributed by atoms with Crippen molar-refractivity contribution in [3.63, 3.8) is 0 Å². The Hall–Kier alpha value is -0.520. The summed E-state index contributed by atoms with van der Waals surface area (Å²) in [6.45, 7) is 3.83. The third kappa shape index (κ3) is 6.10. The number of thioether (sulfide) groups is 1. The minimum Gasteiger partial charge on any atom is -0.313 e. The van der Waals surface area contributed by atoms with Gasteiger partial charge < -0.3 is 5.32 Å². The van der Waals surface area contributed by atoms with E-state index in [-0.39, 0.29) is 5.75 Å². The van der Waals surface area contributed by atoms with Crippen molar-refractivity contribution in [1.82, 2.24) is 5.32 Å². The van der Waals surface area contributed by atoms with Gasteiger partial charge in [-0.25, -0.2) is 8.42 Å². The standard InChI is InChI=1S/C12H19NO2S2/c1-3-13-10-11-6-4-5-7-12(11)16-8-9-17(2,14)15/h4-7,13H,3,8-10H2,1-2H3. The Morgan fingerprint density at radius 1 is 1.29 bits per heavy atom. The summed E-state index contributed by atoms with van der Waals surface area (Å²) in [7, 11) is -2.86. The molecule has 0 amide bonds. The lowest BCUT2D eigenvalue weighted by Crippen LogP contribution is -2.12. The molecule has 1 aromatic rings. The van der Waals surface area contributed by atoms with Crippen molar-refractivity contribution >= 4 is 21.6 Å². The van der Waals surface area contributed by atoms with Gasteiger partial charge in [0.15, 0.2) is 0 Å². The second-order valence-electron chi connectivity index (χ2n) is 3.87. The van der Waals surface area contributed by atoms with E-state index in [1.165, 1.54) is 11.8 Å².